The maximum absolute atomic E-state index is 13.2. The number of anilines is 1. The predicted molar refractivity (Wildman–Crippen MR) is 171 cm³/mol. The molecular weight excluding hydrogens is 721 g/mol. The van der Waals surface area contributed by atoms with Gasteiger partial charge in [-0.15, -0.1) is 5.10 Å². The summed E-state index contributed by atoms with van der Waals surface area (Å²) in [6, 6.07) is 3.82. The molecule has 2 aromatic rings. The van der Waals surface area contributed by atoms with Crippen LogP contribution in [-0.4, -0.2) is 144 Å². The van der Waals surface area contributed by atoms with Gasteiger partial charge < -0.3 is 39.2 Å². The van der Waals surface area contributed by atoms with Crippen LogP contribution >= 0.6 is 0 Å². The number of imide groups is 2. The summed E-state index contributed by atoms with van der Waals surface area (Å²) in [7, 11) is 0. The molecule has 0 bridgehead atoms. The number of carbonyl (C=O) groups excluding carboxylic acids is 4. The van der Waals surface area contributed by atoms with Crippen molar-refractivity contribution >= 4 is 41.3 Å². The van der Waals surface area contributed by atoms with Crippen LogP contribution in [0.2, 0.25) is 0 Å². The quantitative estimate of drug-likeness (QED) is 0.0942. The zero-order valence-corrected chi connectivity index (χ0v) is 28.3. The Balaban J connectivity index is 0.000000980. The number of ether oxygens (including phenoxy) is 5. The molecule has 3 heterocycles. The number of aromatic nitrogens is 3. The van der Waals surface area contributed by atoms with Crippen molar-refractivity contribution in [3.8, 4) is 0 Å². The molecule has 22 heteroatoms. The second-order valence-corrected chi connectivity index (χ2v) is 11.0. The number of carbonyl (C=O) groups is 6. The van der Waals surface area contributed by atoms with Gasteiger partial charge in [0, 0.05) is 12.1 Å². The van der Waals surface area contributed by atoms with Gasteiger partial charge >= 0.3 is 18.1 Å². The maximum atomic E-state index is 13.2. The third-order valence-corrected chi connectivity index (χ3v) is 7.17. The number of fused-ring (bicyclic) bond motifs is 1. The average molecular weight is 761 g/mol. The second-order valence-electron chi connectivity index (χ2n) is 11.0. The molecule has 4 N–H and O–H groups in total. The van der Waals surface area contributed by atoms with Crippen LogP contribution in [0.4, 0.5) is 18.9 Å². The van der Waals surface area contributed by atoms with Crippen molar-refractivity contribution < 1.29 is 75.8 Å². The Kier molecular flexibility index (Phi) is 17.2. The minimum absolute atomic E-state index is 0.0252. The van der Waals surface area contributed by atoms with E-state index in [1.54, 1.807) is 23.0 Å². The van der Waals surface area contributed by atoms with Crippen LogP contribution in [0.15, 0.2) is 24.4 Å². The molecule has 0 radical (unpaired) electrons. The lowest BCUT2D eigenvalue weighted by Crippen LogP contribution is -2.54. The first-order chi connectivity index (χ1) is 25.3. The van der Waals surface area contributed by atoms with E-state index in [9.17, 15) is 37.1 Å². The molecule has 0 spiro atoms. The molecule has 1 aromatic heterocycles. The van der Waals surface area contributed by atoms with Crippen LogP contribution in [0.25, 0.3) is 0 Å². The van der Waals surface area contributed by atoms with Crippen LogP contribution < -0.4 is 10.6 Å². The Morgan fingerprint density at radius 3 is 1.98 bits per heavy atom. The number of alkyl halides is 3. The molecule has 292 valence electrons. The number of amides is 4. The normalized spacial score (nSPS) is 15.5. The van der Waals surface area contributed by atoms with E-state index < -0.39 is 47.8 Å². The molecule has 19 nitrogen and oxygen atoms in total. The highest BCUT2D eigenvalue weighted by Crippen LogP contribution is 2.32. The number of benzene rings is 1. The third kappa shape index (κ3) is 14.1. The van der Waals surface area contributed by atoms with E-state index >= 15 is 0 Å². The van der Waals surface area contributed by atoms with Crippen molar-refractivity contribution in [2.75, 3.05) is 71.4 Å². The van der Waals surface area contributed by atoms with E-state index in [-0.39, 0.29) is 43.5 Å². The first-order valence-electron chi connectivity index (χ1n) is 16.2. The van der Waals surface area contributed by atoms with E-state index in [2.05, 4.69) is 20.9 Å². The van der Waals surface area contributed by atoms with E-state index in [0.717, 1.165) is 4.90 Å². The van der Waals surface area contributed by atoms with E-state index in [0.29, 0.717) is 77.4 Å². The van der Waals surface area contributed by atoms with Gasteiger partial charge in [0.1, 0.15) is 11.7 Å². The monoisotopic (exact) mass is 760 g/mol. The van der Waals surface area contributed by atoms with Crippen LogP contribution in [0.3, 0.4) is 0 Å². The SMILES string of the molecule is O=C(O)C(F)(F)F.O=C(O)CCOCCOCCOCCOCCOCCn1cc(CNc2cccc3c2C(=O)N(C2CCC(=O)NC2=O)C3=O)nn1. The Labute approximate surface area is 299 Å². The van der Waals surface area contributed by atoms with Crippen LogP contribution in [0.1, 0.15) is 45.7 Å². The van der Waals surface area contributed by atoms with Crippen molar-refractivity contribution in [1.29, 1.82) is 0 Å². The third-order valence-electron chi connectivity index (χ3n) is 7.17. The molecule has 1 atom stereocenters. The van der Waals surface area contributed by atoms with Gasteiger partial charge in [-0.05, 0) is 18.6 Å². The van der Waals surface area contributed by atoms with Gasteiger partial charge in [0.05, 0.1) is 103 Å². The molecule has 2 aliphatic heterocycles. The minimum Gasteiger partial charge on any atom is -0.481 e. The zero-order valence-electron chi connectivity index (χ0n) is 28.3. The summed E-state index contributed by atoms with van der Waals surface area (Å²) in [6.45, 7) is 4.45. The smallest absolute Gasteiger partial charge is 0.481 e. The fourth-order valence-corrected chi connectivity index (χ4v) is 4.68. The summed E-state index contributed by atoms with van der Waals surface area (Å²) in [4.78, 5) is 70.3. The standard InChI is InChI=1S/C29H38N6O11.C2HF3O2/c36-24-5-4-23(27(39)31-24)35-28(40)21-2-1-3-22(26(21)29(35)41)30-18-20-19-34(33-32-20)7-9-43-11-13-45-15-17-46-16-14-44-12-10-42-8-6-25(37)38;3-2(4,5)1(6)7/h1-3,19,23,30H,4-18H2,(H,37,38)(H,31,36,39);(H,6,7). The number of nitrogens with one attached hydrogen (secondary N) is 2. The van der Waals surface area contributed by atoms with Crippen molar-refractivity contribution in [3.63, 3.8) is 0 Å². The molecule has 0 aliphatic carbocycles. The van der Waals surface area contributed by atoms with Crippen molar-refractivity contribution in [3.05, 3.63) is 41.2 Å². The molecule has 1 unspecified atom stereocenters. The molecule has 0 saturated carbocycles. The molecule has 4 rings (SSSR count). The minimum atomic E-state index is -5.08. The van der Waals surface area contributed by atoms with Crippen LogP contribution in [0, 0.1) is 0 Å². The predicted octanol–water partition coefficient (Wildman–Crippen LogP) is 0.482. The molecule has 1 fully saturated rings. The number of carboxylic acid groups (broad SMARTS) is 2. The lowest BCUT2D eigenvalue weighted by atomic mass is 10.0. The molecule has 4 amide bonds. The lowest BCUT2D eigenvalue weighted by molar-refractivity contribution is -0.192. The Hall–Kier alpha value is -5.03. The van der Waals surface area contributed by atoms with E-state index in [4.69, 9.17) is 38.7 Å². The summed E-state index contributed by atoms with van der Waals surface area (Å²) in [6.07, 6.45) is -3.23. The van der Waals surface area contributed by atoms with Gasteiger partial charge in [0.2, 0.25) is 11.8 Å². The van der Waals surface area contributed by atoms with Gasteiger partial charge in [-0.3, -0.25) is 34.2 Å². The highest BCUT2D eigenvalue weighted by molar-refractivity contribution is 6.25. The topological polar surface area (TPSA) is 247 Å². The van der Waals surface area contributed by atoms with Crippen molar-refractivity contribution in [2.45, 2.75) is 44.6 Å². The number of carboxylic acids is 2. The highest BCUT2D eigenvalue weighted by atomic mass is 19.4. The summed E-state index contributed by atoms with van der Waals surface area (Å²) < 4.78 is 60.3. The Bertz CT molecular complexity index is 1570. The number of aliphatic carboxylic acids is 2. The number of rotatable bonds is 22. The molecule has 1 saturated heterocycles. The van der Waals surface area contributed by atoms with Crippen LogP contribution in [-0.2, 0) is 56.0 Å². The maximum Gasteiger partial charge on any atom is 0.490 e. The average Bonchev–Trinajstić information content (AvgIpc) is 3.66. The fourth-order valence-electron chi connectivity index (χ4n) is 4.68. The van der Waals surface area contributed by atoms with E-state index in [1.807, 2.05) is 0 Å². The first kappa shape index (κ1) is 42.4. The summed E-state index contributed by atoms with van der Waals surface area (Å²) in [5.41, 5.74) is 1.40. The van der Waals surface area contributed by atoms with Gasteiger partial charge in [0.15, 0.2) is 0 Å². The van der Waals surface area contributed by atoms with Gasteiger partial charge in [-0.1, -0.05) is 11.3 Å². The fraction of sp³-hybridized carbons (Fsp3) is 0.548. The first-order valence-corrected chi connectivity index (χ1v) is 16.2. The molecule has 53 heavy (non-hydrogen) atoms. The molecular formula is C31H39F3N6O13. The number of halogens is 3. The molecule has 2 aliphatic rings. The summed E-state index contributed by atoms with van der Waals surface area (Å²) in [5.74, 6) is -5.89. The van der Waals surface area contributed by atoms with Gasteiger partial charge in [0.25, 0.3) is 11.8 Å². The summed E-state index contributed by atoms with van der Waals surface area (Å²) >= 11 is 0. The number of piperidine rings is 1. The largest absolute Gasteiger partial charge is 0.490 e. The number of hydrogen-bond donors (Lipinski definition) is 4. The van der Waals surface area contributed by atoms with Crippen molar-refractivity contribution in [2.24, 2.45) is 0 Å². The van der Waals surface area contributed by atoms with Gasteiger partial charge in [-0.2, -0.15) is 13.2 Å². The Morgan fingerprint density at radius 2 is 1.43 bits per heavy atom. The zero-order chi connectivity index (χ0) is 38.8. The highest BCUT2D eigenvalue weighted by Gasteiger charge is 2.45. The Morgan fingerprint density at radius 1 is 0.868 bits per heavy atom. The van der Waals surface area contributed by atoms with Gasteiger partial charge in [-0.25, -0.2) is 9.48 Å². The lowest BCUT2D eigenvalue weighted by Gasteiger charge is -2.27. The number of hydrogen-bond acceptors (Lipinski definition) is 14. The second kappa shape index (κ2) is 21.5. The molecule has 1 aromatic carbocycles. The van der Waals surface area contributed by atoms with E-state index in [1.165, 1.54) is 6.07 Å². The number of nitrogens with zero attached hydrogens (tertiary/aromatic N) is 4. The summed E-state index contributed by atoms with van der Waals surface area (Å²) in [5, 5.41) is 29.2. The van der Waals surface area contributed by atoms with Crippen LogP contribution in [0.5, 0.6) is 0 Å². The van der Waals surface area contributed by atoms with Crippen molar-refractivity contribution in [1.82, 2.24) is 25.2 Å².